The number of amides is 1. The Morgan fingerprint density at radius 1 is 1.23 bits per heavy atom. The summed E-state index contributed by atoms with van der Waals surface area (Å²) < 4.78 is 5.41. The number of aromatic amines is 1. The molecule has 0 spiro atoms. The Kier molecular flexibility index (Phi) is 3.64. The lowest BCUT2D eigenvalue weighted by atomic mass is 10.2. The van der Waals surface area contributed by atoms with Crippen LogP contribution in [0.15, 0.2) is 18.6 Å². The summed E-state index contributed by atoms with van der Waals surface area (Å²) in [6, 6.07) is 2.02. The zero-order valence-corrected chi connectivity index (χ0v) is 13.2. The lowest BCUT2D eigenvalue weighted by Crippen LogP contribution is -2.50. The lowest BCUT2D eigenvalue weighted by Gasteiger charge is -2.36. The van der Waals surface area contributed by atoms with Crippen LogP contribution in [-0.4, -0.2) is 57.7 Å². The number of imidazole rings is 1. The molecule has 0 atom stereocenters. The van der Waals surface area contributed by atoms with Gasteiger partial charge < -0.3 is 19.5 Å². The first-order valence-electron chi connectivity index (χ1n) is 7.44. The normalized spacial score (nSPS) is 16.1. The van der Waals surface area contributed by atoms with Gasteiger partial charge in [0.05, 0.1) is 18.2 Å². The number of carbonyl (C=O) groups excluding carboxylic acids is 1. The number of ether oxygens (including phenoxy) is 1. The number of fused-ring (bicyclic) bond motifs is 1. The Bertz CT molecular complexity index is 668. The molecule has 7 heteroatoms. The van der Waals surface area contributed by atoms with Crippen LogP contribution < -0.4 is 4.90 Å². The minimum absolute atomic E-state index is 0.243. The number of anilines is 1. The molecule has 22 heavy (non-hydrogen) atoms. The van der Waals surface area contributed by atoms with E-state index < -0.39 is 5.60 Å². The van der Waals surface area contributed by atoms with E-state index in [-0.39, 0.29) is 6.09 Å². The summed E-state index contributed by atoms with van der Waals surface area (Å²) in [5.41, 5.74) is 2.22. The molecule has 0 radical (unpaired) electrons. The molecule has 1 saturated heterocycles. The average Bonchev–Trinajstić information content (AvgIpc) is 2.93. The van der Waals surface area contributed by atoms with Crippen LogP contribution in [-0.2, 0) is 4.74 Å². The first-order valence-corrected chi connectivity index (χ1v) is 7.44. The molecular weight excluding hydrogens is 282 g/mol. The molecule has 1 aliphatic heterocycles. The first kappa shape index (κ1) is 14.6. The molecule has 7 nitrogen and oxygen atoms in total. The molecular formula is C15H21N5O2. The van der Waals surface area contributed by atoms with E-state index in [0.29, 0.717) is 13.1 Å². The van der Waals surface area contributed by atoms with Crippen LogP contribution in [0.5, 0.6) is 0 Å². The van der Waals surface area contributed by atoms with Gasteiger partial charge in [0.15, 0.2) is 5.65 Å². The van der Waals surface area contributed by atoms with Gasteiger partial charge in [-0.3, -0.25) is 0 Å². The molecule has 1 aliphatic rings. The molecule has 2 aromatic rings. The van der Waals surface area contributed by atoms with Crippen molar-refractivity contribution in [1.82, 2.24) is 19.9 Å². The SMILES string of the molecule is CC(C)(C)OC(=O)N1CCN(c2cnc3[nH]cnc3c2)CC1. The highest BCUT2D eigenvalue weighted by Crippen LogP contribution is 2.20. The van der Waals surface area contributed by atoms with Crippen molar-refractivity contribution in [1.29, 1.82) is 0 Å². The second kappa shape index (κ2) is 5.47. The Morgan fingerprint density at radius 2 is 1.95 bits per heavy atom. The predicted molar refractivity (Wildman–Crippen MR) is 83.9 cm³/mol. The molecule has 1 fully saturated rings. The van der Waals surface area contributed by atoms with Crippen LogP contribution in [0.25, 0.3) is 11.2 Å². The average molecular weight is 303 g/mol. The molecule has 0 aliphatic carbocycles. The third-order valence-electron chi connectivity index (χ3n) is 3.55. The zero-order chi connectivity index (χ0) is 15.7. The molecule has 0 saturated carbocycles. The van der Waals surface area contributed by atoms with E-state index in [9.17, 15) is 4.79 Å². The number of piperazine rings is 1. The monoisotopic (exact) mass is 303 g/mol. The Labute approximate surface area is 129 Å². The highest BCUT2D eigenvalue weighted by Gasteiger charge is 2.26. The fourth-order valence-corrected chi connectivity index (χ4v) is 2.46. The van der Waals surface area contributed by atoms with E-state index >= 15 is 0 Å². The Hall–Kier alpha value is -2.31. The van der Waals surface area contributed by atoms with Gasteiger partial charge in [-0.1, -0.05) is 0 Å². The van der Waals surface area contributed by atoms with Crippen LogP contribution in [0, 0.1) is 0 Å². The van der Waals surface area contributed by atoms with E-state index in [1.54, 1.807) is 11.2 Å². The largest absolute Gasteiger partial charge is 0.444 e. The van der Waals surface area contributed by atoms with E-state index in [0.717, 1.165) is 29.9 Å². The van der Waals surface area contributed by atoms with E-state index in [4.69, 9.17) is 4.74 Å². The maximum absolute atomic E-state index is 12.1. The smallest absolute Gasteiger partial charge is 0.410 e. The number of nitrogens with one attached hydrogen (secondary N) is 1. The summed E-state index contributed by atoms with van der Waals surface area (Å²) in [6.45, 7) is 8.46. The molecule has 1 amide bonds. The van der Waals surface area contributed by atoms with Gasteiger partial charge in [-0.05, 0) is 26.8 Å². The number of carbonyl (C=O) groups is 1. The zero-order valence-electron chi connectivity index (χ0n) is 13.2. The van der Waals surface area contributed by atoms with Crippen molar-refractivity contribution in [2.24, 2.45) is 0 Å². The van der Waals surface area contributed by atoms with Crippen molar-refractivity contribution in [3.63, 3.8) is 0 Å². The van der Waals surface area contributed by atoms with Gasteiger partial charge in [0.1, 0.15) is 11.1 Å². The van der Waals surface area contributed by atoms with Crippen molar-refractivity contribution in [3.05, 3.63) is 18.6 Å². The fourth-order valence-electron chi connectivity index (χ4n) is 2.46. The Balaban J connectivity index is 1.62. The third kappa shape index (κ3) is 3.13. The molecule has 3 heterocycles. The summed E-state index contributed by atoms with van der Waals surface area (Å²) in [5, 5.41) is 0. The molecule has 3 rings (SSSR count). The summed E-state index contributed by atoms with van der Waals surface area (Å²) >= 11 is 0. The van der Waals surface area contributed by atoms with Crippen molar-refractivity contribution < 1.29 is 9.53 Å². The van der Waals surface area contributed by atoms with Gasteiger partial charge in [-0.2, -0.15) is 0 Å². The maximum atomic E-state index is 12.1. The van der Waals surface area contributed by atoms with Crippen molar-refractivity contribution in [2.75, 3.05) is 31.1 Å². The highest BCUT2D eigenvalue weighted by atomic mass is 16.6. The molecule has 2 aromatic heterocycles. The molecule has 1 N–H and O–H groups in total. The van der Waals surface area contributed by atoms with E-state index in [1.165, 1.54) is 0 Å². The lowest BCUT2D eigenvalue weighted by molar-refractivity contribution is 0.0240. The quantitative estimate of drug-likeness (QED) is 0.872. The standard InChI is InChI=1S/C15H21N5O2/c1-15(2,3)22-14(21)20-6-4-19(5-7-20)11-8-12-13(16-9-11)18-10-17-12/h8-10H,4-7H2,1-3H3,(H,16,17,18). The Morgan fingerprint density at radius 3 is 2.64 bits per heavy atom. The molecule has 118 valence electrons. The predicted octanol–water partition coefficient (Wildman–Crippen LogP) is 2.01. The first-order chi connectivity index (χ1) is 10.4. The van der Waals surface area contributed by atoms with Crippen LogP contribution in [0.2, 0.25) is 0 Å². The number of hydrogen-bond donors (Lipinski definition) is 1. The summed E-state index contributed by atoms with van der Waals surface area (Å²) in [6.07, 6.45) is 3.24. The van der Waals surface area contributed by atoms with E-state index in [1.807, 2.05) is 33.0 Å². The van der Waals surface area contributed by atoms with Gasteiger partial charge in [-0.15, -0.1) is 0 Å². The summed E-state index contributed by atoms with van der Waals surface area (Å²) in [4.78, 5) is 27.6. The summed E-state index contributed by atoms with van der Waals surface area (Å²) in [5.74, 6) is 0. The van der Waals surface area contributed by atoms with Gasteiger partial charge in [0.2, 0.25) is 0 Å². The van der Waals surface area contributed by atoms with Gasteiger partial charge in [-0.25, -0.2) is 14.8 Å². The second-order valence-electron chi connectivity index (χ2n) is 6.42. The number of nitrogens with zero attached hydrogens (tertiary/aromatic N) is 4. The van der Waals surface area contributed by atoms with Crippen molar-refractivity contribution in [2.45, 2.75) is 26.4 Å². The van der Waals surface area contributed by atoms with Crippen LogP contribution >= 0.6 is 0 Å². The van der Waals surface area contributed by atoms with Gasteiger partial charge >= 0.3 is 6.09 Å². The fraction of sp³-hybridized carbons (Fsp3) is 0.533. The second-order valence-corrected chi connectivity index (χ2v) is 6.42. The van der Waals surface area contributed by atoms with Crippen molar-refractivity contribution in [3.8, 4) is 0 Å². The van der Waals surface area contributed by atoms with Gasteiger partial charge in [0, 0.05) is 26.2 Å². The minimum atomic E-state index is -0.455. The topological polar surface area (TPSA) is 74.3 Å². The van der Waals surface area contributed by atoms with Crippen LogP contribution in [0.1, 0.15) is 20.8 Å². The number of pyridine rings is 1. The molecule has 0 aromatic carbocycles. The summed E-state index contributed by atoms with van der Waals surface area (Å²) in [7, 11) is 0. The van der Waals surface area contributed by atoms with Crippen LogP contribution in [0.3, 0.4) is 0 Å². The number of aromatic nitrogens is 3. The number of rotatable bonds is 1. The highest BCUT2D eigenvalue weighted by molar-refractivity contribution is 5.74. The van der Waals surface area contributed by atoms with Crippen molar-refractivity contribution >= 4 is 22.9 Å². The van der Waals surface area contributed by atoms with Crippen LogP contribution in [0.4, 0.5) is 10.5 Å². The molecule has 0 unspecified atom stereocenters. The third-order valence-corrected chi connectivity index (χ3v) is 3.55. The number of H-pyrrole nitrogens is 1. The van der Waals surface area contributed by atoms with E-state index in [2.05, 4.69) is 19.9 Å². The number of hydrogen-bond acceptors (Lipinski definition) is 5. The molecule has 0 bridgehead atoms. The van der Waals surface area contributed by atoms with Gasteiger partial charge in [0.25, 0.3) is 0 Å². The maximum Gasteiger partial charge on any atom is 0.410 e. The minimum Gasteiger partial charge on any atom is -0.444 e.